The Morgan fingerprint density at radius 3 is 2.43 bits per heavy atom. The van der Waals surface area contributed by atoms with E-state index in [-0.39, 0.29) is 24.1 Å². The molecule has 0 saturated carbocycles. The van der Waals surface area contributed by atoms with Gasteiger partial charge in [0.1, 0.15) is 12.4 Å². The summed E-state index contributed by atoms with van der Waals surface area (Å²) in [7, 11) is 1.64. The van der Waals surface area contributed by atoms with Crippen LogP contribution >= 0.6 is 0 Å². The molecule has 1 amide bonds. The average Bonchev–Trinajstić information content (AvgIpc) is 2.99. The van der Waals surface area contributed by atoms with Crippen LogP contribution in [0.4, 0.5) is 4.79 Å². The number of fused-ring (bicyclic) bond motifs is 2. The first-order valence-electron chi connectivity index (χ1n) is 10.3. The van der Waals surface area contributed by atoms with E-state index in [1.807, 2.05) is 35.2 Å². The molecular weight excluding hydrogens is 358 g/mol. The summed E-state index contributed by atoms with van der Waals surface area (Å²) in [4.78, 5) is 27.1. The second kappa shape index (κ2) is 10.6. The second-order valence-electron chi connectivity index (χ2n) is 7.68. The fraction of sp³-hybridized carbons (Fsp3) is 0.636. The lowest BCUT2D eigenvalue weighted by Crippen LogP contribution is -2.48. The molecule has 2 atom stereocenters. The number of ether oxygens (including phenoxy) is 3. The molecule has 1 aromatic rings. The third-order valence-electron chi connectivity index (χ3n) is 5.75. The highest BCUT2D eigenvalue weighted by Gasteiger charge is 2.45. The van der Waals surface area contributed by atoms with Crippen molar-refractivity contribution < 1.29 is 23.8 Å². The molecule has 2 bridgehead atoms. The number of ketones is 1. The Bertz CT molecular complexity index is 621. The molecule has 154 valence electrons. The Kier molecular flexibility index (Phi) is 7.86. The van der Waals surface area contributed by atoms with E-state index in [1.165, 1.54) is 0 Å². The molecule has 6 heteroatoms. The van der Waals surface area contributed by atoms with Gasteiger partial charge in [0.25, 0.3) is 0 Å². The Labute approximate surface area is 167 Å². The third-order valence-corrected chi connectivity index (χ3v) is 5.75. The predicted octanol–water partition coefficient (Wildman–Crippen LogP) is 3.58. The molecule has 0 radical (unpaired) electrons. The Morgan fingerprint density at radius 2 is 1.75 bits per heavy atom. The number of carbonyl (C=O) groups excluding carboxylic acids is 2. The number of hydrogen-bond donors (Lipinski definition) is 0. The summed E-state index contributed by atoms with van der Waals surface area (Å²) < 4.78 is 15.9. The molecule has 0 N–H and O–H groups in total. The van der Waals surface area contributed by atoms with E-state index in [4.69, 9.17) is 14.2 Å². The van der Waals surface area contributed by atoms with Crippen LogP contribution in [0.25, 0.3) is 0 Å². The fourth-order valence-corrected chi connectivity index (χ4v) is 4.33. The summed E-state index contributed by atoms with van der Waals surface area (Å²) in [5.41, 5.74) is 0.987. The third kappa shape index (κ3) is 5.55. The summed E-state index contributed by atoms with van der Waals surface area (Å²) in [5.74, 6) is 0.374. The highest BCUT2D eigenvalue weighted by Crippen LogP contribution is 2.40. The van der Waals surface area contributed by atoms with E-state index in [2.05, 4.69) is 0 Å². The number of amides is 1. The molecule has 1 aromatic carbocycles. The van der Waals surface area contributed by atoms with Crippen LogP contribution in [-0.2, 0) is 25.6 Å². The molecule has 2 aliphatic heterocycles. The van der Waals surface area contributed by atoms with Gasteiger partial charge >= 0.3 is 6.09 Å². The number of nitrogens with zero attached hydrogens (tertiary/aromatic N) is 1. The minimum Gasteiger partial charge on any atom is -0.445 e. The summed E-state index contributed by atoms with van der Waals surface area (Å²) >= 11 is 0. The average molecular weight is 389 g/mol. The van der Waals surface area contributed by atoms with Crippen molar-refractivity contribution in [3.05, 3.63) is 35.9 Å². The van der Waals surface area contributed by atoms with Gasteiger partial charge in [0.15, 0.2) is 0 Å². The lowest BCUT2D eigenvalue weighted by atomic mass is 9.86. The van der Waals surface area contributed by atoms with E-state index in [0.29, 0.717) is 38.6 Å². The first kappa shape index (κ1) is 20.8. The van der Waals surface area contributed by atoms with Crippen molar-refractivity contribution in [1.82, 2.24) is 4.90 Å². The molecule has 3 rings (SSSR count). The first-order valence-corrected chi connectivity index (χ1v) is 10.3. The largest absolute Gasteiger partial charge is 0.445 e. The van der Waals surface area contributed by atoms with Crippen LogP contribution < -0.4 is 0 Å². The van der Waals surface area contributed by atoms with E-state index in [9.17, 15) is 9.59 Å². The zero-order chi connectivity index (χ0) is 19.8. The molecule has 28 heavy (non-hydrogen) atoms. The van der Waals surface area contributed by atoms with E-state index in [0.717, 1.165) is 37.7 Å². The van der Waals surface area contributed by atoms with E-state index < -0.39 is 0 Å². The maximum Gasteiger partial charge on any atom is 0.410 e. The second-order valence-corrected chi connectivity index (χ2v) is 7.68. The highest BCUT2D eigenvalue weighted by atomic mass is 16.6. The van der Waals surface area contributed by atoms with Crippen LogP contribution in [0.1, 0.15) is 44.1 Å². The minimum absolute atomic E-state index is 0.0645. The van der Waals surface area contributed by atoms with Crippen LogP contribution in [0.15, 0.2) is 30.3 Å². The van der Waals surface area contributed by atoms with Crippen LogP contribution in [0.3, 0.4) is 0 Å². The highest BCUT2D eigenvalue weighted by molar-refractivity contribution is 5.81. The molecule has 0 aromatic heterocycles. The quantitative estimate of drug-likeness (QED) is 0.572. The van der Waals surface area contributed by atoms with Gasteiger partial charge in [-0.15, -0.1) is 0 Å². The van der Waals surface area contributed by atoms with Gasteiger partial charge < -0.3 is 19.1 Å². The van der Waals surface area contributed by atoms with Gasteiger partial charge in [-0.05, 0) is 37.7 Å². The number of hydrogen-bond acceptors (Lipinski definition) is 5. The van der Waals surface area contributed by atoms with Crippen LogP contribution in [0.2, 0.25) is 0 Å². The van der Waals surface area contributed by atoms with Crippen molar-refractivity contribution in [2.24, 2.45) is 5.92 Å². The maximum atomic E-state index is 12.6. The number of rotatable bonds is 10. The van der Waals surface area contributed by atoms with Crippen molar-refractivity contribution in [3.63, 3.8) is 0 Å². The maximum absolute atomic E-state index is 12.6. The Hall–Kier alpha value is -1.92. The molecular formula is C22H31NO5. The van der Waals surface area contributed by atoms with Gasteiger partial charge in [-0.3, -0.25) is 4.79 Å². The summed E-state index contributed by atoms with van der Waals surface area (Å²) in [6, 6.07) is 9.98. The van der Waals surface area contributed by atoms with E-state index >= 15 is 0 Å². The lowest BCUT2D eigenvalue weighted by molar-refractivity contribution is -0.125. The molecule has 0 spiro atoms. The molecule has 2 heterocycles. The number of methoxy groups -OCH3 is 1. The van der Waals surface area contributed by atoms with Gasteiger partial charge in [0.05, 0.1) is 13.2 Å². The lowest BCUT2D eigenvalue weighted by Gasteiger charge is -2.37. The number of benzene rings is 1. The number of piperidine rings is 1. The molecule has 0 aliphatic carbocycles. The standard InChI is InChI=1S/C22H31NO5/c1-26-12-13-27-11-5-8-21(24)18-14-19-9-10-20(15-18)23(19)22(25)28-16-17-6-3-2-4-7-17/h2-4,6-7,18-20H,5,8-16H2,1H3. The zero-order valence-corrected chi connectivity index (χ0v) is 16.7. The zero-order valence-electron chi connectivity index (χ0n) is 16.7. The van der Waals surface area contributed by atoms with Crippen molar-refractivity contribution in [2.75, 3.05) is 26.9 Å². The monoisotopic (exact) mass is 389 g/mol. The first-order chi connectivity index (χ1) is 13.7. The van der Waals surface area contributed by atoms with Crippen molar-refractivity contribution in [3.8, 4) is 0 Å². The Morgan fingerprint density at radius 1 is 1.04 bits per heavy atom. The van der Waals surface area contributed by atoms with Gasteiger partial charge in [-0.1, -0.05) is 30.3 Å². The molecule has 2 aliphatic rings. The SMILES string of the molecule is COCCOCCCC(=O)C1CC2CCC(C1)N2C(=O)OCc1ccccc1. The van der Waals surface area contributed by atoms with Gasteiger partial charge in [0, 0.05) is 38.1 Å². The van der Waals surface area contributed by atoms with Gasteiger partial charge in [-0.25, -0.2) is 4.79 Å². The van der Waals surface area contributed by atoms with Crippen LogP contribution in [-0.4, -0.2) is 55.8 Å². The summed E-state index contributed by atoms with van der Waals surface area (Å²) in [6.07, 6.45) is 4.52. The van der Waals surface area contributed by atoms with Crippen LogP contribution in [0.5, 0.6) is 0 Å². The molecule has 2 fully saturated rings. The van der Waals surface area contributed by atoms with Gasteiger partial charge in [-0.2, -0.15) is 0 Å². The molecule has 2 saturated heterocycles. The minimum atomic E-state index is -0.242. The smallest absolute Gasteiger partial charge is 0.410 e. The molecule has 2 unspecified atom stereocenters. The van der Waals surface area contributed by atoms with Crippen molar-refractivity contribution >= 4 is 11.9 Å². The van der Waals surface area contributed by atoms with E-state index in [1.54, 1.807) is 7.11 Å². The van der Waals surface area contributed by atoms with Crippen molar-refractivity contribution in [2.45, 2.75) is 57.2 Å². The number of Topliss-reactive ketones (excluding diaryl/α,β-unsaturated/α-hetero) is 1. The van der Waals surface area contributed by atoms with Crippen molar-refractivity contribution in [1.29, 1.82) is 0 Å². The summed E-state index contributed by atoms with van der Waals surface area (Å²) in [5, 5.41) is 0. The molecule has 6 nitrogen and oxygen atoms in total. The Balaban J connectivity index is 1.42. The fourth-order valence-electron chi connectivity index (χ4n) is 4.33. The summed E-state index contributed by atoms with van der Waals surface area (Å²) in [6.45, 7) is 2.03. The van der Waals surface area contributed by atoms with Gasteiger partial charge in [0.2, 0.25) is 0 Å². The topological polar surface area (TPSA) is 65.1 Å². The van der Waals surface area contributed by atoms with Crippen LogP contribution in [0, 0.1) is 5.92 Å². The predicted molar refractivity (Wildman–Crippen MR) is 105 cm³/mol. The normalized spacial score (nSPS) is 23.6. The number of carbonyl (C=O) groups is 2.